The third-order valence-electron chi connectivity index (χ3n) is 2.46. The van der Waals surface area contributed by atoms with Crippen molar-refractivity contribution in [2.24, 2.45) is 0 Å². The molecule has 0 atom stereocenters. The van der Waals surface area contributed by atoms with E-state index in [9.17, 15) is 5.11 Å². The fourth-order valence-corrected chi connectivity index (χ4v) is 1.44. The van der Waals surface area contributed by atoms with Gasteiger partial charge < -0.3 is 14.4 Å². The molecule has 1 aliphatic heterocycles. The zero-order valence-electron chi connectivity index (χ0n) is 8.86. The molecule has 1 aromatic carbocycles. The standard InChI is InChI=1S/C11H13BO3/c1-8-11(2,3)15-12(14-8)9-5-4-6-10(13)7-9/h4-7,13H,1H2,2-3H3. The Morgan fingerprint density at radius 3 is 2.67 bits per heavy atom. The van der Waals surface area contributed by atoms with Crippen LogP contribution in [-0.2, 0) is 9.31 Å². The van der Waals surface area contributed by atoms with E-state index < -0.39 is 12.7 Å². The van der Waals surface area contributed by atoms with Crippen LogP contribution >= 0.6 is 0 Å². The highest BCUT2D eigenvalue weighted by molar-refractivity contribution is 6.62. The van der Waals surface area contributed by atoms with E-state index in [4.69, 9.17) is 9.31 Å². The van der Waals surface area contributed by atoms with Crippen molar-refractivity contribution in [3.63, 3.8) is 0 Å². The van der Waals surface area contributed by atoms with Crippen molar-refractivity contribution in [3.8, 4) is 5.75 Å². The maximum absolute atomic E-state index is 9.34. The van der Waals surface area contributed by atoms with E-state index >= 15 is 0 Å². The largest absolute Gasteiger partial charge is 0.563 e. The van der Waals surface area contributed by atoms with Crippen LogP contribution in [0.2, 0.25) is 0 Å². The van der Waals surface area contributed by atoms with Gasteiger partial charge in [0.15, 0.2) is 0 Å². The first-order chi connectivity index (χ1) is 6.99. The smallest absolute Gasteiger partial charge is 0.534 e. The van der Waals surface area contributed by atoms with E-state index in [1.54, 1.807) is 18.2 Å². The average molecular weight is 204 g/mol. The molecule has 0 radical (unpaired) electrons. The molecule has 0 aliphatic carbocycles. The van der Waals surface area contributed by atoms with Crippen LogP contribution in [0.15, 0.2) is 36.6 Å². The summed E-state index contributed by atoms with van der Waals surface area (Å²) in [5, 5.41) is 9.34. The van der Waals surface area contributed by atoms with Gasteiger partial charge in [0, 0.05) is 5.46 Å². The topological polar surface area (TPSA) is 38.7 Å². The second-order valence-corrected chi connectivity index (χ2v) is 4.10. The molecule has 1 aliphatic rings. The minimum absolute atomic E-state index is 0.204. The summed E-state index contributed by atoms with van der Waals surface area (Å²) in [4.78, 5) is 0. The number of phenolic OH excluding ortho intramolecular Hbond substituents is 1. The number of hydrogen-bond donors (Lipinski definition) is 1. The highest BCUT2D eigenvalue weighted by Crippen LogP contribution is 2.29. The number of phenols is 1. The lowest BCUT2D eigenvalue weighted by Gasteiger charge is -2.15. The first-order valence-corrected chi connectivity index (χ1v) is 4.82. The molecule has 1 heterocycles. The third-order valence-corrected chi connectivity index (χ3v) is 2.46. The van der Waals surface area contributed by atoms with Gasteiger partial charge in [0.1, 0.15) is 11.4 Å². The lowest BCUT2D eigenvalue weighted by molar-refractivity contribution is 0.173. The summed E-state index contributed by atoms with van der Waals surface area (Å²) in [6, 6.07) is 6.84. The molecule has 1 aromatic rings. The molecule has 2 rings (SSSR count). The van der Waals surface area contributed by atoms with E-state index in [-0.39, 0.29) is 5.75 Å². The second-order valence-electron chi connectivity index (χ2n) is 4.10. The molecule has 1 saturated heterocycles. The summed E-state index contributed by atoms with van der Waals surface area (Å²) < 4.78 is 11.2. The van der Waals surface area contributed by atoms with Crippen LogP contribution in [0.1, 0.15) is 13.8 Å². The zero-order chi connectivity index (χ0) is 11.1. The van der Waals surface area contributed by atoms with Gasteiger partial charge in [-0.15, -0.1) is 0 Å². The van der Waals surface area contributed by atoms with Crippen molar-refractivity contribution in [2.45, 2.75) is 19.4 Å². The van der Waals surface area contributed by atoms with E-state index in [1.165, 1.54) is 0 Å². The van der Waals surface area contributed by atoms with Crippen molar-refractivity contribution in [1.29, 1.82) is 0 Å². The molecular weight excluding hydrogens is 191 g/mol. The third kappa shape index (κ3) is 1.85. The van der Waals surface area contributed by atoms with Gasteiger partial charge in [-0.05, 0) is 26.0 Å². The summed E-state index contributed by atoms with van der Waals surface area (Å²) in [6.45, 7) is 7.60. The Bertz CT molecular complexity index is 401. The first-order valence-electron chi connectivity index (χ1n) is 4.82. The molecular formula is C11H13BO3. The number of hydrogen-bond acceptors (Lipinski definition) is 3. The molecule has 0 saturated carbocycles. The number of benzene rings is 1. The lowest BCUT2D eigenvalue weighted by atomic mass is 9.79. The number of aromatic hydroxyl groups is 1. The summed E-state index contributed by atoms with van der Waals surface area (Å²) in [5.41, 5.74) is 0.317. The highest BCUT2D eigenvalue weighted by atomic mass is 16.7. The van der Waals surface area contributed by atoms with E-state index in [2.05, 4.69) is 6.58 Å². The molecule has 4 heteroatoms. The van der Waals surface area contributed by atoms with Gasteiger partial charge in [0.05, 0.1) is 5.76 Å². The summed E-state index contributed by atoms with van der Waals surface area (Å²) in [6.07, 6.45) is 0. The molecule has 1 N–H and O–H groups in total. The minimum atomic E-state index is -0.476. The van der Waals surface area contributed by atoms with Crippen LogP contribution < -0.4 is 5.46 Å². The van der Waals surface area contributed by atoms with E-state index in [0.717, 1.165) is 5.46 Å². The van der Waals surface area contributed by atoms with Crippen LogP contribution in [0.3, 0.4) is 0 Å². The Morgan fingerprint density at radius 2 is 2.13 bits per heavy atom. The monoisotopic (exact) mass is 204 g/mol. The molecule has 3 nitrogen and oxygen atoms in total. The van der Waals surface area contributed by atoms with Crippen molar-refractivity contribution < 1.29 is 14.4 Å². The molecule has 15 heavy (non-hydrogen) atoms. The summed E-state index contributed by atoms with van der Waals surface area (Å²) >= 11 is 0. The Balaban J connectivity index is 2.25. The fourth-order valence-electron chi connectivity index (χ4n) is 1.44. The number of rotatable bonds is 1. The molecule has 0 amide bonds. The summed E-state index contributed by atoms with van der Waals surface area (Å²) in [5.74, 6) is 0.811. The predicted molar refractivity (Wildman–Crippen MR) is 58.9 cm³/mol. The SMILES string of the molecule is C=C1OB(c2cccc(O)c2)OC1(C)C. The van der Waals surface area contributed by atoms with Crippen LogP contribution in [0, 0.1) is 0 Å². The van der Waals surface area contributed by atoms with Crippen LogP contribution in [0.5, 0.6) is 5.75 Å². The minimum Gasteiger partial charge on any atom is -0.534 e. The van der Waals surface area contributed by atoms with Gasteiger partial charge in [-0.3, -0.25) is 0 Å². The molecule has 78 valence electrons. The normalized spacial score (nSPS) is 19.1. The zero-order valence-corrected chi connectivity index (χ0v) is 8.86. The highest BCUT2D eigenvalue weighted by Gasteiger charge is 2.42. The van der Waals surface area contributed by atoms with Gasteiger partial charge in [-0.2, -0.15) is 0 Å². The van der Waals surface area contributed by atoms with Gasteiger partial charge >= 0.3 is 7.12 Å². The summed E-state index contributed by atoms with van der Waals surface area (Å²) in [7, 11) is -0.473. The van der Waals surface area contributed by atoms with E-state index in [0.29, 0.717) is 5.76 Å². The van der Waals surface area contributed by atoms with Gasteiger partial charge in [0.25, 0.3) is 0 Å². The molecule has 0 spiro atoms. The first kappa shape index (κ1) is 10.1. The predicted octanol–water partition coefficient (Wildman–Crippen LogP) is 1.43. The van der Waals surface area contributed by atoms with Gasteiger partial charge in [0.2, 0.25) is 0 Å². The van der Waals surface area contributed by atoms with Gasteiger partial charge in [-0.25, -0.2) is 0 Å². The quantitative estimate of drug-likeness (QED) is 0.703. The van der Waals surface area contributed by atoms with Crippen LogP contribution in [-0.4, -0.2) is 17.8 Å². The van der Waals surface area contributed by atoms with Crippen molar-refractivity contribution >= 4 is 12.6 Å². The van der Waals surface area contributed by atoms with Crippen molar-refractivity contribution in [2.75, 3.05) is 0 Å². The Kier molecular flexibility index (Phi) is 2.23. The Hall–Kier alpha value is -1.42. The second kappa shape index (κ2) is 3.31. The Morgan fingerprint density at radius 1 is 1.40 bits per heavy atom. The molecule has 0 bridgehead atoms. The maximum atomic E-state index is 9.34. The molecule has 1 fully saturated rings. The van der Waals surface area contributed by atoms with E-state index in [1.807, 2.05) is 19.9 Å². The molecule has 0 unspecified atom stereocenters. The van der Waals surface area contributed by atoms with Crippen molar-refractivity contribution in [3.05, 3.63) is 36.6 Å². The average Bonchev–Trinajstić information content (AvgIpc) is 2.42. The lowest BCUT2D eigenvalue weighted by Crippen LogP contribution is -2.34. The van der Waals surface area contributed by atoms with Crippen LogP contribution in [0.25, 0.3) is 0 Å². The maximum Gasteiger partial charge on any atom is 0.563 e. The molecule has 0 aromatic heterocycles. The fraction of sp³-hybridized carbons (Fsp3) is 0.273. The van der Waals surface area contributed by atoms with Crippen molar-refractivity contribution in [1.82, 2.24) is 0 Å². The van der Waals surface area contributed by atoms with Crippen LogP contribution in [0.4, 0.5) is 0 Å². The van der Waals surface area contributed by atoms with Gasteiger partial charge in [-0.1, -0.05) is 18.7 Å². The Labute approximate surface area is 89.5 Å².